The minimum absolute atomic E-state index is 0.106. The second-order valence-corrected chi connectivity index (χ2v) is 10.0. The molecule has 0 saturated heterocycles. The van der Waals surface area contributed by atoms with Crippen molar-refractivity contribution in [3.8, 4) is 0 Å². The quantitative estimate of drug-likeness (QED) is 0.122. The summed E-state index contributed by atoms with van der Waals surface area (Å²) in [5.41, 5.74) is 2.85. The number of hydrogen-bond acceptors (Lipinski definition) is 5. The van der Waals surface area contributed by atoms with Crippen LogP contribution in [0.25, 0.3) is 0 Å². The van der Waals surface area contributed by atoms with Crippen LogP contribution in [0.3, 0.4) is 0 Å². The summed E-state index contributed by atoms with van der Waals surface area (Å²) in [6.45, 7) is 0. The first-order valence-corrected chi connectivity index (χ1v) is 13.4. The Morgan fingerprint density at radius 3 is 1.67 bits per heavy atom. The molecule has 198 valence electrons. The molecule has 5 N–H and O–H groups in total. The monoisotopic (exact) mass is 500 g/mol. The summed E-state index contributed by atoms with van der Waals surface area (Å²) in [5.74, 6) is -1.93. The number of hydroxylamine groups is 1. The van der Waals surface area contributed by atoms with E-state index in [1.807, 2.05) is 0 Å². The zero-order chi connectivity index (χ0) is 25.8. The molecule has 2 aliphatic rings. The van der Waals surface area contributed by atoms with E-state index in [2.05, 4.69) is 16.0 Å². The van der Waals surface area contributed by atoms with Crippen molar-refractivity contribution in [2.24, 2.45) is 0 Å². The molecule has 3 rings (SSSR count). The van der Waals surface area contributed by atoms with Crippen molar-refractivity contribution >= 4 is 29.3 Å². The van der Waals surface area contributed by atoms with Crippen molar-refractivity contribution in [1.82, 2.24) is 16.1 Å². The van der Waals surface area contributed by atoms with Gasteiger partial charge in [-0.15, -0.1) is 0 Å². The number of carbonyl (C=O) groups excluding carboxylic acids is 4. The van der Waals surface area contributed by atoms with Crippen molar-refractivity contribution in [3.63, 3.8) is 0 Å². The van der Waals surface area contributed by atoms with Crippen molar-refractivity contribution in [2.75, 3.05) is 5.32 Å². The van der Waals surface area contributed by atoms with E-state index in [9.17, 15) is 19.2 Å². The van der Waals surface area contributed by atoms with Gasteiger partial charge in [-0.3, -0.25) is 24.4 Å². The number of anilines is 1. The molecule has 0 unspecified atom stereocenters. The predicted molar refractivity (Wildman–Crippen MR) is 136 cm³/mol. The van der Waals surface area contributed by atoms with Crippen LogP contribution in [0.5, 0.6) is 0 Å². The highest BCUT2D eigenvalue weighted by molar-refractivity contribution is 6.06. The number of amides is 4. The second kappa shape index (κ2) is 14.6. The molecule has 0 radical (unpaired) electrons. The molecule has 2 saturated carbocycles. The van der Waals surface area contributed by atoms with Gasteiger partial charge in [0.05, 0.1) is 0 Å². The summed E-state index contributed by atoms with van der Waals surface area (Å²) >= 11 is 0. The van der Waals surface area contributed by atoms with Crippen molar-refractivity contribution < 1.29 is 24.4 Å². The van der Waals surface area contributed by atoms with E-state index in [0.29, 0.717) is 30.5 Å². The molecule has 0 bridgehead atoms. The Hall–Kier alpha value is -2.94. The van der Waals surface area contributed by atoms with Gasteiger partial charge in [0.1, 0.15) is 5.92 Å². The van der Waals surface area contributed by atoms with Crippen LogP contribution in [0.15, 0.2) is 24.3 Å². The Kier molecular flexibility index (Phi) is 11.2. The van der Waals surface area contributed by atoms with Gasteiger partial charge in [-0.25, -0.2) is 5.48 Å². The van der Waals surface area contributed by atoms with E-state index in [1.54, 1.807) is 29.7 Å². The van der Waals surface area contributed by atoms with Crippen LogP contribution in [0.2, 0.25) is 0 Å². The number of unbranched alkanes of at least 4 members (excludes halogenated alkanes) is 3. The summed E-state index contributed by atoms with van der Waals surface area (Å²) < 4.78 is 0. The molecule has 2 aliphatic carbocycles. The fourth-order valence-electron chi connectivity index (χ4n) is 5.09. The number of rotatable bonds is 13. The summed E-state index contributed by atoms with van der Waals surface area (Å²) in [5, 5.41) is 17.5. The topological polar surface area (TPSA) is 137 Å². The Bertz CT molecular complexity index is 847. The third kappa shape index (κ3) is 8.93. The van der Waals surface area contributed by atoms with Gasteiger partial charge in [-0.1, -0.05) is 50.7 Å². The largest absolute Gasteiger partial charge is 0.352 e. The zero-order valence-corrected chi connectivity index (χ0v) is 21.0. The number of benzene rings is 1. The van der Waals surface area contributed by atoms with Crippen molar-refractivity contribution in [1.29, 1.82) is 0 Å². The van der Waals surface area contributed by atoms with E-state index in [-0.39, 0.29) is 36.2 Å². The summed E-state index contributed by atoms with van der Waals surface area (Å²) in [6.07, 6.45) is 11.8. The minimum Gasteiger partial charge on any atom is -0.352 e. The van der Waals surface area contributed by atoms with Gasteiger partial charge in [-0.2, -0.15) is 0 Å². The molecule has 0 atom stereocenters. The van der Waals surface area contributed by atoms with Gasteiger partial charge in [0.25, 0.3) is 0 Å². The van der Waals surface area contributed by atoms with Crippen LogP contribution >= 0.6 is 0 Å². The van der Waals surface area contributed by atoms with Gasteiger partial charge in [0.15, 0.2) is 0 Å². The maximum absolute atomic E-state index is 13.1. The van der Waals surface area contributed by atoms with Gasteiger partial charge >= 0.3 is 0 Å². The predicted octanol–water partition coefficient (Wildman–Crippen LogP) is 3.67. The lowest BCUT2D eigenvalue weighted by Gasteiger charge is -2.22. The fourth-order valence-corrected chi connectivity index (χ4v) is 5.09. The Morgan fingerprint density at radius 2 is 1.19 bits per heavy atom. The molecule has 4 amide bonds. The van der Waals surface area contributed by atoms with Gasteiger partial charge < -0.3 is 16.0 Å². The van der Waals surface area contributed by atoms with Crippen LogP contribution < -0.4 is 21.4 Å². The Balaban J connectivity index is 1.52. The van der Waals surface area contributed by atoms with Crippen LogP contribution in [-0.4, -0.2) is 40.9 Å². The first-order valence-electron chi connectivity index (χ1n) is 13.4. The van der Waals surface area contributed by atoms with E-state index in [0.717, 1.165) is 64.2 Å². The average molecular weight is 501 g/mol. The summed E-state index contributed by atoms with van der Waals surface area (Å²) in [4.78, 5) is 49.6. The molecule has 0 aromatic heterocycles. The molecule has 0 aliphatic heterocycles. The average Bonchev–Trinajstić information content (AvgIpc) is 3.57. The molecule has 9 heteroatoms. The molecule has 1 aromatic rings. The summed E-state index contributed by atoms with van der Waals surface area (Å²) in [6, 6.07) is 7.22. The summed E-state index contributed by atoms with van der Waals surface area (Å²) in [7, 11) is 0. The molecular weight excluding hydrogens is 460 g/mol. The number of nitrogens with one attached hydrogen (secondary N) is 4. The van der Waals surface area contributed by atoms with Gasteiger partial charge in [0, 0.05) is 30.6 Å². The van der Waals surface area contributed by atoms with E-state index >= 15 is 0 Å². The highest BCUT2D eigenvalue weighted by Crippen LogP contribution is 2.24. The maximum Gasteiger partial charge on any atom is 0.243 e. The van der Waals surface area contributed by atoms with Crippen LogP contribution in [-0.2, 0) is 19.2 Å². The molecule has 36 heavy (non-hydrogen) atoms. The van der Waals surface area contributed by atoms with Gasteiger partial charge in [-0.05, 0) is 56.2 Å². The smallest absolute Gasteiger partial charge is 0.243 e. The van der Waals surface area contributed by atoms with Crippen LogP contribution in [0.1, 0.15) is 101 Å². The van der Waals surface area contributed by atoms with Crippen LogP contribution in [0.4, 0.5) is 5.69 Å². The van der Waals surface area contributed by atoms with Crippen molar-refractivity contribution in [2.45, 2.75) is 108 Å². The molecule has 0 heterocycles. The molecular formula is C27H40N4O5. The first-order chi connectivity index (χ1) is 17.5. The maximum atomic E-state index is 13.1. The number of carbonyl (C=O) groups is 4. The highest BCUT2D eigenvalue weighted by atomic mass is 16.5. The van der Waals surface area contributed by atoms with E-state index in [1.165, 1.54) is 0 Å². The third-order valence-corrected chi connectivity index (χ3v) is 7.14. The lowest BCUT2D eigenvalue weighted by molar-refractivity contribution is -0.132. The van der Waals surface area contributed by atoms with Crippen molar-refractivity contribution in [3.05, 3.63) is 29.8 Å². The Labute approximate surface area is 213 Å². The van der Waals surface area contributed by atoms with E-state index in [4.69, 9.17) is 5.21 Å². The lowest BCUT2D eigenvalue weighted by atomic mass is 9.95. The third-order valence-electron chi connectivity index (χ3n) is 7.14. The highest BCUT2D eigenvalue weighted by Gasteiger charge is 2.32. The minimum atomic E-state index is -0.913. The molecule has 0 spiro atoms. The van der Waals surface area contributed by atoms with E-state index < -0.39 is 11.8 Å². The second-order valence-electron chi connectivity index (χ2n) is 10.0. The normalized spacial score (nSPS) is 16.2. The Morgan fingerprint density at radius 1 is 0.722 bits per heavy atom. The fraction of sp³-hybridized carbons (Fsp3) is 0.630. The lowest BCUT2D eigenvalue weighted by Crippen LogP contribution is -2.45. The molecule has 2 fully saturated rings. The van der Waals surface area contributed by atoms with Gasteiger partial charge in [0.2, 0.25) is 23.6 Å². The zero-order valence-electron chi connectivity index (χ0n) is 21.0. The SMILES string of the molecule is O=C(CCCCCCC(=O)Nc1ccc(C(C(=O)NC2CCCC2)C(=O)NC2CCCC2)cc1)NO. The number of hydrogen-bond donors (Lipinski definition) is 5. The molecule has 1 aromatic carbocycles. The standard InChI is InChI=1S/C27H40N4O5/c32-23(13-3-1-2-4-14-24(33)31-36)28-22-17-15-19(16-18-22)25(26(34)29-20-9-5-6-10-20)27(35)30-21-11-7-8-12-21/h15-18,20-21,25,36H,1-14H2,(H,28,32)(H,29,34)(H,30,35)(H,31,33). The molecule has 9 nitrogen and oxygen atoms in total. The first kappa shape index (κ1) is 27.6. The van der Waals surface area contributed by atoms with Crippen LogP contribution in [0, 0.1) is 0 Å².